The minimum absolute atomic E-state index is 0.0104. The van der Waals surface area contributed by atoms with Crippen molar-refractivity contribution in [3.05, 3.63) is 58.9 Å². The van der Waals surface area contributed by atoms with Crippen LogP contribution in [0.25, 0.3) is 0 Å². The molecule has 5 nitrogen and oxygen atoms in total. The highest BCUT2D eigenvalue weighted by Crippen LogP contribution is 2.25. The van der Waals surface area contributed by atoms with E-state index in [0.29, 0.717) is 16.3 Å². The Hall–Kier alpha value is -2.12. The van der Waals surface area contributed by atoms with Gasteiger partial charge >= 0.3 is 0 Å². The van der Waals surface area contributed by atoms with Crippen LogP contribution in [0.4, 0.5) is 15.8 Å². The van der Waals surface area contributed by atoms with Gasteiger partial charge in [-0.05, 0) is 42.8 Å². The minimum Gasteiger partial charge on any atom is -0.322 e. The van der Waals surface area contributed by atoms with E-state index in [1.807, 2.05) is 0 Å². The molecule has 0 aliphatic heterocycles. The summed E-state index contributed by atoms with van der Waals surface area (Å²) in [6.45, 7) is 1.21. The van der Waals surface area contributed by atoms with E-state index < -0.39 is 28.3 Å². The van der Waals surface area contributed by atoms with E-state index in [0.717, 1.165) is 10.6 Å². The maximum Gasteiger partial charge on any atom is 0.245 e. The topological polar surface area (TPSA) is 66.5 Å². The number of aryl methyl sites for hydroxylation is 1. The van der Waals surface area contributed by atoms with Gasteiger partial charge in [0.1, 0.15) is 12.4 Å². The molecule has 24 heavy (non-hydrogen) atoms. The number of nitrogens with zero attached hydrogens (tertiary/aromatic N) is 1. The lowest BCUT2D eigenvalue weighted by Crippen LogP contribution is -2.38. The van der Waals surface area contributed by atoms with E-state index in [1.54, 1.807) is 19.1 Å². The van der Waals surface area contributed by atoms with Crippen LogP contribution in [0.2, 0.25) is 5.02 Å². The molecular formula is C16H16ClFN2O3S. The summed E-state index contributed by atoms with van der Waals surface area (Å²) in [5.74, 6) is -1.25. The number of carbonyl (C=O) groups excluding carboxylic acids is 1. The largest absolute Gasteiger partial charge is 0.322 e. The Morgan fingerprint density at radius 3 is 2.50 bits per heavy atom. The molecule has 1 N–H and O–H groups in total. The highest BCUT2D eigenvalue weighted by molar-refractivity contribution is 7.92. The van der Waals surface area contributed by atoms with Crippen LogP contribution in [0.5, 0.6) is 0 Å². The number of sulfonamides is 1. The molecule has 1 amide bonds. The number of amides is 1. The number of halogens is 2. The first-order chi connectivity index (χ1) is 11.2. The summed E-state index contributed by atoms with van der Waals surface area (Å²) in [5.41, 5.74) is 0.931. The first-order valence-electron chi connectivity index (χ1n) is 6.97. The number of nitrogens with one attached hydrogen (secondary N) is 1. The van der Waals surface area contributed by atoms with Crippen molar-refractivity contribution in [2.24, 2.45) is 0 Å². The van der Waals surface area contributed by atoms with Gasteiger partial charge in [-0.15, -0.1) is 0 Å². The molecule has 0 fully saturated rings. The van der Waals surface area contributed by atoms with Crippen molar-refractivity contribution in [2.45, 2.75) is 6.92 Å². The molecule has 0 saturated carbocycles. The second-order valence-corrected chi connectivity index (χ2v) is 7.57. The lowest BCUT2D eigenvalue weighted by atomic mass is 10.2. The molecule has 8 heteroatoms. The zero-order valence-electron chi connectivity index (χ0n) is 13.1. The van der Waals surface area contributed by atoms with Crippen LogP contribution in [-0.4, -0.2) is 27.1 Å². The van der Waals surface area contributed by atoms with E-state index in [1.165, 1.54) is 30.3 Å². The third-order valence-corrected chi connectivity index (χ3v) is 4.62. The Morgan fingerprint density at radius 2 is 1.92 bits per heavy atom. The maximum atomic E-state index is 13.6. The van der Waals surface area contributed by atoms with Gasteiger partial charge in [-0.2, -0.15) is 0 Å². The molecular weight excluding hydrogens is 355 g/mol. The predicted molar refractivity (Wildman–Crippen MR) is 93.4 cm³/mol. The van der Waals surface area contributed by atoms with Gasteiger partial charge in [0.15, 0.2) is 0 Å². The zero-order valence-corrected chi connectivity index (χ0v) is 14.7. The van der Waals surface area contributed by atoms with Crippen LogP contribution in [0.15, 0.2) is 42.5 Å². The van der Waals surface area contributed by atoms with Crippen molar-refractivity contribution in [1.82, 2.24) is 0 Å². The first kappa shape index (κ1) is 18.2. The average molecular weight is 371 g/mol. The SMILES string of the molecule is Cc1cc(Cl)ccc1N(CC(=O)Nc1ccccc1F)S(C)(=O)=O. The normalized spacial score (nSPS) is 11.2. The lowest BCUT2D eigenvalue weighted by Gasteiger charge is -2.23. The molecule has 0 radical (unpaired) electrons. The Kier molecular flexibility index (Phi) is 5.46. The van der Waals surface area contributed by atoms with Crippen LogP contribution in [0.1, 0.15) is 5.56 Å². The number of para-hydroxylation sites is 1. The fraction of sp³-hybridized carbons (Fsp3) is 0.188. The number of rotatable bonds is 5. The van der Waals surface area contributed by atoms with E-state index in [9.17, 15) is 17.6 Å². The third kappa shape index (κ3) is 4.46. The standard InChI is InChI=1S/C16H16ClFN2O3S/c1-11-9-12(17)7-8-15(11)20(24(2,22)23)10-16(21)19-14-6-4-3-5-13(14)18/h3-9H,10H2,1-2H3,(H,19,21). The minimum atomic E-state index is -3.72. The maximum absolute atomic E-state index is 13.6. The van der Waals surface area contributed by atoms with E-state index >= 15 is 0 Å². The summed E-state index contributed by atoms with van der Waals surface area (Å²) in [4.78, 5) is 12.2. The molecule has 0 aliphatic carbocycles. The molecule has 0 atom stereocenters. The highest BCUT2D eigenvalue weighted by Gasteiger charge is 2.22. The Morgan fingerprint density at radius 1 is 1.25 bits per heavy atom. The molecule has 0 aliphatic rings. The lowest BCUT2D eigenvalue weighted by molar-refractivity contribution is -0.114. The average Bonchev–Trinajstić information content (AvgIpc) is 2.47. The van der Waals surface area contributed by atoms with Crippen molar-refractivity contribution >= 4 is 38.9 Å². The molecule has 0 unspecified atom stereocenters. The fourth-order valence-electron chi connectivity index (χ4n) is 2.16. The van der Waals surface area contributed by atoms with E-state index in [2.05, 4.69) is 5.32 Å². The van der Waals surface area contributed by atoms with Crippen molar-refractivity contribution in [2.75, 3.05) is 22.4 Å². The van der Waals surface area contributed by atoms with E-state index in [4.69, 9.17) is 11.6 Å². The van der Waals surface area contributed by atoms with Crippen molar-refractivity contribution in [3.8, 4) is 0 Å². The summed E-state index contributed by atoms with van der Waals surface area (Å²) >= 11 is 5.88. The molecule has 0 aromatic heterocycles. The summed E-state index contributed by atoms with van der Waals surface area (Å²) in [7, 11) is -3.72. The first-order valence-corrected chi connectivity index (χ1v) is 9.19. The molecule has 0 heterocycles. The predicted octanol–water partition coefficient (Wildman–Crippen LogP) is 3.19. The summed E-state index contributed by atoms with van der Waals surface area (Å²) in [6, 6.07) is 10.3. The number of anilines is 2. The number of hydrogen-bond donors (Lipinski definition) is 1. The van der Waals surface area contributed by atoms with Gasteiger partial charge in [0.25, 0.3) is 0 Å². The fourth-order valence-corrected chi connectivity index (χ4v) is 3.30. The summed E-state index contributed by atoms with van der Waals surface area (Å²) in [5, 5.41) is 2.83. The van der Waals surface area contributed by atoms with Gasteiger partial charge in [0, 0.05) is 5.02 Å². The van der Waals surface area contributed by atoms with Crippen LogP contribution in [-0.2, 0) is 14.8 Å². The van der Waals surface area contributed by atoms with Crippen LogP contribution in [0, 0.1) is 12.7 Å². The Labute approximate surface area is 145 Å². The van der Waals surface area contributed by atoms with Crippen molar-refractivity contribution in [3.63, 3.8) is 0 Å². The van der Waals surface area contributed by atoms with Crippen LogP contribution < -0.4 is 9.62 Å². The van der Waals surface area contributed by atoms with Gasteiger partial charge in [-0.3, -0.25) is 9.10 Å². The Balaban J connectivity index is 2.27. The van der Waals surface area contributed by atoms with Gasteiger partial charge in [-0.25, -0.2) is 12.8 Å². The molecule has 0 saturated heterocycles. The third-order valence-electron chi connectivity index (χ3n) is 3.26. The zero-order chi connectivity index (χ0) is 17.9. The van der Waals surface area contributed by atoms with Crippen molar-refractivity contribution in [1.29, 1.82) is 0 Å². The van der Waals surface area contributed by atoms with Gasteiger partial charge in [-0.1, -0.05) is 23.7 Å². The molecule has 128 valence electrons. The van der Waals surface area contributed by atoms with Gasteiger partial charge in [0.05, 0.1) is 17.6 Å². The second-order valence-electron chi connectivity index (χ2n) is 5.23. The summed E-state index contributed by atoms with van der Waals surface area (Å²) in [6.07, 6.45) is 0.997. The smallest absolute Gasteiger partial charge is 0.245 e. The van der Waals surface area contributed by atoms with Gasteiger partial charge in [0.2, 0.25) is 15.9 Å². The number of benzene rings is 2. The molecule has 0 spiro atoms. The number of hydrogen-bond acceptors (Lipinski definition) is 3. The molecule has 0 bridgehead atoms. The van der Waals surface area contributed by atoms with Crippen molar-refractivity contribution < 1.29 is 17.6 Å². The molecule has 2 aromatic rings. The quantitative estimate of drug-likeness (QED) is 0.878. The highest BCUT2D eigenvalue weighted by atomic mass is 35.5. The van der Waals surface area contributed by atoms with Gasteiger partial charge < -0.3 is 5.32 Å². The number of carbonyl (C=O) groups is 1. The Bertz CT molecular complexity index is 871. The molecule has 2 rings (SSSR count). The van der Waals surface area contributed by atoms with Crippen LogP contribution >= 0.6 is 11.6 Å². The molecule has 2 aromatic carbocycles. The van der Waals surface area contributed by atoms with E-state index in [-0.39, 0.29) is 5.69 Å². The monoisotopic (exact) mass is 370 g/mol. The second kappa shape index (κ2) is 7.19. The summed E-state index contributed by atoms with van der Waals surface area (Å²) < 4.78 is 38.7. The van der Waals surface area contributed by atoms with Crippen LogP contribution in [0.3, 0.4) is 0 Å².